The highest BCUT2D eigenvalue weighted by Gasteiger charge is 2.55. The van der Waals surface area contributed by atoms with Crippen LogP contribution in [-0.4, -0.2) is 55.4 Å². The average Bonchev–Trinajstić information content (AvgIpc) is 3.80. The molecule has 0 saturated carbocycles. The summed E-state index contributed by atoms with van der Waals surface area (Å²) < 4.78 is 8.47. The van der Waals surface area contributed by atoms with Crippen LogP contribution < -0.4 is 5.32 Å². The number of nitrogens with zero attached hydrogens (tertiary/aromatic N) is 3. The summed E-state index contributed by atoms with van der Waals surface area (Å²) in [5.41, 5.74) is 6.29. The average molecular weight is 853 g/mol. The third kappa shape index (κ3) is 8.23. The second-order valence-corrected chi connectivity index (χ2v) is 17.5. The van der Waals surface area contributed by atoms with Gasteiger partial charge in [0.1, 0.15) is 22.7 Å². The van der Waals surface area contributed by atoms with Crippen LogP contribution in [-0.2, 0) is 37.5 Å². The molecule has 2 atom stereocenters. The third-order valence-electron chi connectivity index (χ3n) is 11.3. The molecule has 2 aliphatic heterocycles. The SMILES string of the molecule is O=C(Cc1ccccc1)N[C@@H]1C(=O)N2C(C(=O)OC(c3ccccc3)c3ccccc3)=C(SCCc3cnn(C(c4ccccc4)(c4ccccc4)c4ccccc4)c3)CS[C@H]12. The number of carbonyl (C=O) groups is 3. The van der Waals surface area contributed by atoms with E-state index in [2.05, 4.69) is 89.0 Å². The van der Waals surface area contributed by atoms with Crippen molar-refractivity contribution in [2.45, 2.75) is 35.9 Å². The van der Waals surface area contributed by atoms with E-state index in [1.165, 1.54) is 4.90 Å². The Balaban J connectivity index is 1.00. The Bertz CT molecular complexity index is 2530. The Labute approximate surface area is 370 Å². The molecule has 0 radical (unpaired) electrons. The third-order valence-corrected chi connectivity index (χ3v) is 13.9. The molecule has 0 aliphatic carbocycles. The number of thioether (sulfide) groups is 2. The van der Waals surface area contributed by atoms with Gasteiger partial charge in [-0.3, -0.25) is 19.2 Å². The number of aryl methyl sites for hydroxylation is 1. The lowest BCUT2D eigenvalue weighted by atomic mass is 9.77. The molecule has 9 rings (SSSR count). The van der Waals surface area contributed by atoms with E-state index in [9.17, 15) is 14.4 Å². The monoisotopic (exact) mass is 852 g/mol. The molecule has 0 unspecified atom stereocenters. The molecule has 0 bridgehead atoms. The molecule has 7 aromatic rings. The molecule has 1 saturated heterocycles. The summed E-state index contributed by atoms with van der Waals surface area (Å²) in [7, 11) is 0. The van der Waals surface area contributed by atoms with Crippen molar-refractivity contribution in [1.82, 2.24) is 20.0 Å². The number of hydrogen-bond acceptors (Lipinski definition) is 7. The summed E-state index contributed by atoms with van der Waals surface area (Å²) in [5, 5.41) is 7.56. The maximum absolute atomic E-state index is 14.6. The first kappa shape index (κ1) is 40.8. The molecule has 0 spiro atoms. The number of β-lactam (4-membered cyclic amide) rings is 1. The van der Waals surface area contributed by atoms with Crippen molar-refractivity contribution in [3.63, 3.8) is 0 Å². The van der Waals surface area contributed by atoms with Gasteiger partial charge in [0.2, 0.25) is 5.91 Å². The zero-order valence-electron chi connectivity index (χ0n) is 33.8. The number of amides is 2. The number of esters is 1. The van der Waals surface area contributed by atoms with E-state index in [1.54, 1.807) is 23.5 Å². The van der Waals surface area contributed by atoms with E-state index < -0.39 is 29.0 Å². The zero-order valence-corrected chi connectivity index (χ0v) is 35.5. The van der Waals surface area contributed by atoms with E-state index in [4.69, 9.17) is 9.84 Å². The number of rotatable bonds is 15. The van der Waals surface area contributed by atoms with Crippen LogP contribution in [0.25, 0.3) is 0 Å². The molecule has 1 N–H and O–H groups in total. The van der Waals surface area contributed by atoms with E-state index >= 15 is 0 Å². The number of benzene rings is 6. The van der Waals surface area contributed by atoms with Crippen LogP contribution >= 0.6 is 23.5 Å². The Morgan fingerprint density at radius 2 is 1.21 bits per heavy atom. The van der Waals surface area contributed by atoms with Crippen molar-refractivity contribution in [3.05, 3.63) is 244 Å². The van der Waals surface area contributed by atoms with Crippen LogP contribution in [0.1, 0.15) is 45.0 Å². The first-order valence-electron chi connectivity index (χ1n) is 20.7. The second-order valence-electron chi connectivity index (χ2n) is 15.2. The number of ether oxygens (including phenoxy) is 1. The second kappa shape index (κ2) is 18.6. The summed E-state index contributed by atoms with van der Waals surface area (Å²) in [6.45, 7) is 0. The number of fused-ring (bicyclic) bond motifs is 1. The maximum atomic E-state index is 14.6. The van der Waals surface area contributed by atoms with Crippen LogP contribution in [0.4, 0.5) is 0 Å². The Morgan fingerprint density at radius 1 is 0.710 bits per heavy atom. The number of carbonyl (C=O) groups excluding carboxylic acids is 3. The first-order chi connectivity index (χ1) is 30.5. The number of aromatic nitrogens is 2. The van der Waals surface area contributed by atoms with Crippen LogP contribution in [0.3, 0.4) is 0 Å². The van der Waals surface area contributed by atoms with E-state index in [0.717, 1.165) is 43.8 Å². The lowest BCUT2D eigenvalue weighted by Crippen LogP contribution is -2.70. The van der Waals surface area contributed by atoms with Crippen LogP contribution in [0.5, 0.6) is 0 Å². The van der Waals surface area contributed by atoms with Crippen LogP contribution in [0.2, 0.25) is 0 Å². The summed E-state index contributed by atoms with van der Waals surface area (Å²) in [6, 6.07) is 59.3. The fourth-order valence-electron chi connectivity index (χ4n) is 8.34. The smallest absolute Gasteiger partial charge is 0.356 e. The summed E-state index contributed by atoms with van der Waals surface area (Å²) in [6.07, 6.45) is 4.16. The largest absolute Gasteiger partial charge is 0.448 e. The number of nitrogens with one attached hydrogen (secondary N) is 1. The molecule has 62 heavy (non-hydrogen) atoms. The molecule has 10 heteroatoms. The molecule has 8 nitrogen and oxygen atoms in total. The lowest BCUT2D eigenvalue weighted by molar-refractivity contribution is -0.154. The molecule has 1 aromatic heterocycles. The van der Waals surface area contributed by atoms with Gasteiger partial charge in [0.15, 0.2) is 6.10 Å². The van der Waals surface area contributed by atoms with Gasteiger partial charge in [-0.1, -0.05) is 182 Å². The van der Waals surface area contributed by atoms with Gasteiger partial charge >= 0.3 is 5.97 Å². The predicted molar refractivity (Wildman–Crippen MR) is 246 cm³/mol. The summed E-state index contributed by atoms with van der Waals surface area (Å²) >= 11 is 3.10. The van der Waals surface area contributed by atoms with Gasteiger partial charge < -0.3 is 10.1 Å². The minimum absolute atomic E-state index is 0.156. The molecule has 2 amide bonds. The highest BCUT2D eigenvalue weighted by molar-refractivity contribution is 8.06. The van der Waals surface area contributed by atoms with Crippen LogP contribution in [0.15, 0.2) is 205 Å². The van der Waals surface area contributed by atoms with Crippen molar-refractivity contribution in [2.24, 2.45) is 0 Å². The van der Waals surface area contributed by atoms with E-state index in [0.29, 0.717) is 17.9 Å². The fourth-order valence-corrected chi connectivity index (χ4v) is 11.0. The highest BCUT2D eigenvalue weighted by Crippen LogP contribution is 2.45. The van der Waals surface area contributed by atoms with Gasteiger partial charge in [0.25, 0.3) is 5.91 Å². The van der Waals surface area contributed by atoms with Gasteiger partial charge in [-0.2, -0.15) is 5.10 Å². The summed E-state index contributed by atoms with van der Waals surface area (Å²) in [5.74, 6) is -0.0475. The van der Waals surface area contributed by atoms with E-state index in [-0.39, 0.29) is 23.9 Å². The van der Waals surface area contributed by atoms with Gasteiger partial charge in [-0.05, 0) is 45.4 Å². The lowest BCUT2D eigenvalue weighted by Gasteiger charge is -2.49. The maximum Gasteiger partial charge on any atom is 0.356 e. The van der Waals surface area contributed by atoms with Crippen LogP contribution in [0, 0.1) is 0 Å². The molecule has 2 aliphatic rings. The van der Waals surface area contributed by atoms with Crippen molar-refractivity contribution in [2.75, 3.05) is 11.5 Å². The zero-order chi connectivity index (χ0) is 42.3. The molecular weight excluding hydrogens is 809 g/mol. The van der Waals surface area contributed by atoms with Gasteiger partial charge in [-0.25, -0.2) is 4.79 Å². The highest BCUT2D eigenvalue weighted by atomic mass is 32.2. The van der Waals surface area contributed by atoms with Crippen molar-refractivity contribution in [3.8, 4) is 0 Å². The van der Waals surface area contributed by atoms with Crippen molar-refractivity contribution < 1.29 is 19.1 Å². The van der Waals surface area contributed by atoms with Gasteiger partial charge in [0, 0.05) is 22.6 Å². The molecule has 1 fully saturated rings. The minimum atomic E-state index is -0.755. The Kier molecular flexibility index (Phi) is 12.2. The van der Waals surface area contributed by atoms with E-state index in [1.807, 2.05) is 115 Å². The van der Waals surface area contributed by atoms with Gasteiger partial charge in [-0.15, -0.1) is 23.5 Å². The molecular formula is C52H44N4O4S2. The summed E-state index contributed by atoms with van der Waals surface area (Å²) in [4.78, 5) is 44.1. The Morgan fingerprint density at radius 3 is 1.74 bits per heavy atom. The Hall–Kier alpha value is -6.62. The van der Waals surface area contributed by atoms with Gasteiger partial charge in [0.05, 0.1) is 12.6 Å². The minimum Gasteiger partial charge on any atom is -0.448 e. The number of hydrogen-bond donors (Lipinski definition) is 1. The first-order valence-corrected chi connectivity index (χ1v) is 22.7. The molecule has 308 valence electrons. The normalized spacial score (nSPS) is 16.1. The fraction of sp³-hybridized carbons (Fsp3) is 0.154. The topological polar surface area (TPSA) is 93.5 Å². The predicted octanol–water partition coefficient (Wildman–Crippen LogP) is 9.19. The quantitative estimate of drug-likeness (QED) is 0.0625. The van der Waals surface area contributed by atoms with Crippen molar-refractivity contribution in [1.29, 1.82) is 0 Å². The van der Waals surface area contributed by atoms with Crippen molar-refractivity contribution >= 4 is 41.3 Å². The molecule has 3 heterocycles. The molecule has 6 aromatic carbocycles. The standard InChI is InChI=1S/C52H44N4O4S2/c57-45(33-37-19-7-1-8-20-37)54-46-49(58)56-47(51(59)60-48(39-21-9-2-10-22-39)40-23-11-3-12-24-40)44(36-62-50(46)56)61-32-31-38-34-53-55(35-38)52(41-25-13-4-14-26-41,42-27-15-5-16-28-42)43-29-17-6-18-30-43/h1-30,34-35,46,48,50H,31-33,36H2,(H,54,57)/t46-,50-/m1/s1.